The van der Waals surface area contributed by atoms with Crippen LogP contribution in [0.5, 0.6) is 0 Å². The summed E-state index contributed by atoms with van der Waals surface area (Å²) in [7, 11) is 2.60. The minimum atomic E-state index is 0. The van der Waals surface area contributed by atoms with Crippen LogP contribution >= 0.6 is 44.2 Å². The molecule has 0 aromatic heterocycles. The summed E-state index contributed by atoms with van der Waals surface area (Å²) in [5, 5.41) is 11.9. The molecule has 0 fully saturated rings. The smallest absolute Gasteiger partial charge is 0.133 e. The van der Waals surface area contributed by atoms with Crippen LogP contribution in [0.4, 0.5) is 0 Å². The van der Waals surface area contributed by atoms with Gasteiger partial charge in [0.2, 0.25) is 0 Å². The zero-order valence-corrected chi connectivity index (χ0v) is 11.2. The summed E-state index contributed by atoms with van der Waals surface area (Å²) in [6.07, 6.45) is 0.752. The van der Waals surface area contributed by atoms with Gasteiger partial charge in [-0.3, -0.25) is 0 Å². The van der Waals surface area contributed by atoms with E-state index in [1.165, 1.54) is 11.8 Å². The van der Waals surface area contributed by atoms with Crippen molar-refractivity contribution in [3.8, 4) is 5.40 Å². The molecule has 6 heteroatoms. The van der Waals surface area contributed by atoms with Gasteiger partial charge in [0.25, 0.3) is 0 Å². The van der Waals surface area contributed by atoms with Gasteiger partial charge in [0.05, 0.1) is 5.25 Å². The van der Waals surface area contributed by atoms with Crippen molar-refractivity contribution < 1.29 is 5.48 Å². The first-order chi connectivity index (χ1) is 6.70. The summed E-state index contributed by atoms with van der Waals surface area (Å²) >= 11 is 13.2. The van der Waals surface area contributed by atoms with Crippen LogP contribution < -0.4 is 0 Å². The van der Waals surface area contributed by atoms with Gasteiger partial charge in [0.1, 0.15) is 5.40 Å². The highest BCUT2D eigenvalue weighted by atomic mass is 35.5. The van der Waals surface area contributed by atoms with Gasteiger partial charge in [-0.05, 0) is 30.1 Å². The molecule has 0 heterocycles. The second-order valence-electron chi connectivity index (χ2n) is 2.57. The fourth-order valence-corrected chi connectivity index (χ4v) is 3.02. The third-order valence-electron chi connectivity index (χ3n) is 1.73. The molecule has 0 aliphatic rings. The van der Waals surface area contributed by atoms with Crippen molar-refractivity contribution in [2.75, 3.05) is 6.16 Å². The molecule has 0 aliphatic heterocycles. The largest absolute Gasteiger partial charge is 0.412 e. The van der Waals surface area contributed by atoms with Crippen molar-refractivity contribution in [3.63, 3.8) is 0 Å². The molecular formula is C9H10Cl2NOPS. The molecular weight excluding hydrogens is 272 g/mol. The first-order valence-electron chi connectivity index (χ1n) is 3.89. The number of thiocyanates is 1. The third kappa shape index (κ3) is 3.83. The van der Waals surface area contributed by atoms with E-state index >= 15 is 0 Å². The second kappa shape index (κ2) is 7.33. The van der Waals surface area contributed by atoms with Crippen molar-refractivity contribution in [2.45, 2.75) is 5.25 Å². The van der Waals surface area contributed by atoms with Crippen LogP contribution in [0.25, 0.3) is 0 Å². The summed E-state index contributed by atoms with van der Waals surface area (Å²) in [6.45, 7) is 0. The number of hydrogen-bond acceptors (Lipinski definition) is 2. The Balaban J connectivity index is 0.00000196. The minimum Gasteiger partial charge on any atom is -0.412 e. The van der Waals surface area contributed by atoms with Crippen molar-refractivity contribution in [1.29, 1.82) is 5.26 Å². The molecule has 15 heavy (non-hydrogen) atoms. The minimum absolute atomic E-state index is 0. The Bertz CT molecular complexity index is 349. The van der Waals surface area contributed by atoms with Gasteiger partial charge in [-0.15, -0.1) is 9.24 Å². The number of nitriles is 1. The maximum atomic E-state index is 8.63. The van der Waals surface area contributed by atoms with Crippen LogP contribution in [-0.2, 0) is 0 Å². The first kappa shape index (κ1) is 15.0. The van der Waals surface area contributed by atoms with Gasteiger partial charge in [-0.1, -0.05) is 29.3 Å². The van der Waals surface area contributed by atoms with Gasteiger partial charge < -0.3 is 5.48 Å². The van der Waals surface area contributed by atoms with E-state index in [4.69, 9.17) is 28.5 Å². The van der Waals surface area contributed by atoms with Crippen molar-refractivity contribution >= 4 is 44.2 Å². The number of nitrogens with zero attached hydrogens (tertiary/aromatic N) is 1. The number of halogens is 2. The van der Waals surface area contributed by atoms with E-state index in [2.05, 4.69) is 14.6 Å². The molecule has 2 atom stereocenters. The summed E-state index contributed by atoms with van der Waals surface area (Å²) < 4.78 is 0. The fraction of sp³-hybridized carbons (Fsp3) is 0.222. The van der Waals surface area contributed by atoms with Crippen molar-refractivity contribution in [1.82, 2.24) is 0 Å². The molecule has 1 aromatic carbocycles. The van der Waals surface area contributed by atoms with Crippen LogP contribution in [0.2, 0.25) is 10.0 Å². The molecule has 0 saturated carbocycles. The zero-order chi connectivity index (χ0) is 10.6. The Hall–Kier alpha value is 0.0300. The average molecular weight is 282 g/mol. The van der Waals surface area contributed by atoms with Crippen LogP contribution in [0.15, 0.2) is 18.2 Å². The molecule has 0 amide bonds. The van der Waals surface area contributed by atoms with Crippen molar-refractivity contribution in [2.24, 2.45) is 0 Å². The van der Waals surface area contributed by atoms with E-state index in [-0.39, 0.29) is 10.7 Å². The molecule has 1 rings (SSSR count). The Morgan fingerprint density at radius 1 is 1.40 bits per heavy atom. The standard InChI is InChI=1S/C9H8Cl2NPS.H2O/c10-6-2-1-3-7(11)9(6)8(4-13)14-5-12;/h1-3,8H,4,13H2;1H2. The van der Waals surface area contributed by atoms with E-state index in [1.807, 2.05) is 0 Å². The molecule has 0 saturated heterocycles. The summed E-state index contributed by atoms with van der Waals surface area (Å²) in [5.74, 6) is 0. The predicted molar refractivity (Wildman–Crippen MR) is 70.6 cm³/mol. The van der Waals surface area contributed by atoms with Crippen LogP contribution in [0.3, 0.4) is 0 Å². The number of thioether (sulfide) groups is 1. The Labute approximate surface area is 105 Å². The molecule has 0 aliphatic carbocycles. The predicted octanol–water partition coefficient (Wildman–Crippen LogP) is 3.30. The number of rotatable bonds is 3. The Morgan fingerprint density at radius 3 is 2.33 bits per heavy atom. The summed E-state index contributed by atoms with van der Waals surface area (Å²) in [4.78, 5) is 0. The van der Waals surface area contributed by atoms with Crippen LogP contribution in [0, 0.1) is 10.7 Å². The second-order valence-corrected chi connectivity index (χ2v) is 4.84. The lowest BCUT2D eigenvalue weighted by molar-refractivity contribution is 0.824. The molecule has 1 aromatic rings. The highest BCUT2D eigenvalue weighted by Gasteiger charge is 2.16. The lowest BCUT2D eigenvalue weighted by atomic mass is 10.1. The van der Waals surface area contributed by atoms with Gasteiger partial charge in [0, 0.05) is 15.6 Å². The topological polar surface area (TPSA) is 55.3 Å². The van der Waals surface area contributed by atoms with E-state index in [9.17, 15) is 0 Å². The lowest BCUT2D eigenvalue weighted by Gasteiger charge is -2.13. The normalized spacial score (nSPS) is 11.3. The van der Waals surface area contributed by atoms with E-state index in [0.29, 0.717) is 10.0 Å². The first-order valence-corrected chi connectivity index (χ1v) is 6.34. The average Bonchev–Trinajstić information content (AvgIpc) is 2.16. The summed E-state index contributed by atoms with van der Waals surface area (Å²) in [6, 6.07) is 5.37. The van der Waals surface area contributed by atoms with Crippen molar-refractivity contribution in [3.05, 3.63) is 33.8 Å². The highest BCUT2D eigenvalue weighted by Crippen LogP contribution is 2.38. The Kier molecular flexibility index (Phi) is 7.34. The molecule has 2 N–H and O–H groups in total. The molecule has 0 bridgehead atoms. The number of hydrogen-bond donors (Lipinski definition) is 0. The fourth-order valence-electron chi connectivity index (χ4n) is 1.11. The van der Waals surface area contributed by atoms with Gasteiger partial charge in [-0.2, -0.15) is 5.26 Å². The third-order valence-corrected chi connectivity index (χ3v) is 4.02. The quantitative estimate of drug-likeness (QED) is 0.631. The SMILES string of the molecule is N#CSC(CP)c1c(Cl)cccc1Cl.O. The highest BCUT2D eigenvalue weighted by molar-refractivity contribution is 8.04. The van der Waals surface area contributed by atoms with E-state index in [0.717, 1.165) is 11.7 Å². The summed E-state index contributed by atoms with van der Waals surface area (Å²) in [5.41, 5.74) is 0.845. The maximum Gasteiger partial charge on any atom is 0.133 e. The molecule has 0 radical (unpaired) electrons. The van der Waals surface area contributed by atoms with Crippen LogP contribution in [0.1, 0.15) is 10.8 Å². The Morgan fingerprint density at radius 2 is 1.93 bits per heavy atom. The van der Waals surface area contributed by atoms with Gasteiger partial charge in [0.15, 0.2) is 0 Å². The van der Waals surface area contributed by atoms with E-state index in [1.54, 1.807) is 18.2 Å². The molecule has 0 spiro atoms. The number of benzene rings is 1. The monoisotopic (exact) mass is 281 g/mol. The molecule has 2 nitrogen and oxygen atoms in total. The maximum absolute atomic E-state index is 8.63. The van der Waals surface area contributed by atoms with E-state index < -0.39 is 0 Å². The molecule has 82 valence electrons. The van der Waals surface area contributed by atoms with Gasteiger partial charge in [-0.25, -0.2) is 0 Å². The zero-order valence-electron chi connectivity index (χ0n) is 7.71. The lowest BCUT2D eigenvalue weighted by Crippen LogP contribution is -1.96. The van der Waals surface area contributed by atoms with Gasteiger partial charge >= 0.3 is 0 Å². The molecule has 2 unspecified atom stereocenters. The van der Waals surface area contributed by atoms with Crippen LogP contribution in [-0.4, -0.2) is 11.6 Å².